The van der Waals surface area contributed by atoms with Gasteiger partial charge >= 0.3 is 5.97 Å². The molecular formula is C10H12O4. The average Bonchev–Trinajstić information content (AvgIpc) is 2.63. The molecule has 3 rings (SSSR count). The topological polar surface area (TPSA) is 55.8 Å². The van der Waals surface area contributed by atoms with Gasteiger partial charge in [-0.1, -0.05) is 5.57 Å². The molecule has 4 nitrogen and oxygen atoms in total. The molecule has 14 heavy (non-hydrogen) atoms. The molecule has 3 fully saturated rings. The highest BCUT2D eigenvalue weighted by atomic mass is 16.7. The lowest BCUT2D eigenvalue weighted by molar-refractivity contribution is -0.158. The molecule has 1 N–H and O–H groups in total. The number of hydrogen-bond donors (Lipinski definition) is 1. The molecule has 76 valence electrons. The normalized spacial score (nSPS) is 47.3. The summed E-state index contributed by atoms with van der Waals surface area (Å²) in [7, 11) is 0. The van der Waals surface area contributed by atoms with Crippen LogP contribution in [0.2, 0.25) is 0 Å². The van der Waals surface area contributed by atoms with Gasteiger partial charge in [0.25, 0.3) is 0 Å². The maximum absolute atomic E-state index is 10.7. The Balaban J connectivity index is 1.96. The van der Waals surface area contributed by atoms with Crippen LogP contribution in [-0.2, 0) is 14.3 Å². The van der Waals surface area contributed by atoms with Crippen LogP contribution in [0.15, 0.2) is 11.6 Å². The Morgan fingerprint density at radius 3 is 3.00 bits per heavy atom. The molecular weight excluding hydrogens is 184 g/mol. The van der Waals surface area contributed by atoms with Crippen molar-refractivity contribution >= 4 is 5.97 Å². The third kappa shape index (κ3) is 1.04. The number of ether oxygens (including phenoxy) is 2. The standard InChI is InChI=1S/C10H12O4/c11-9(12)2-6-5-1-7-8(6)4-14-10(7)13-3-5/h2,5,7-8,10H,1,3-4H2,(H,11,12)/b6-2-/t5?,7?,8-,10-/m0/s1. The zero-order chi connectivity index (χ0) is 9.71. The van der Waals surface area contributed by atoms with Crippen molar-refractivity contribution in [2.24, 2.45) is 17.8 Å². The highest BCUT2D eigenvalue weighted by molar-refractivity contribution is 5.81. The summed E-state index contributed by atoms with van der Waals surface area (Å²) in [4.78, 5) is 10.7. The predicted molar refractivity (Wildman–Crippen MR) is 46.5 cm³/mol. The lowest BCUT2D eigenvalue weighted by atomic mass is 9.96. The second-order valence-electron chi connectivity index (χ2n) is 4.22. The van der Waals surface area contributed by atoms with E-state index in [-0.39, 0.29) is 6.29 Å². The maximum atomic E-state index is 10.7. The van der Waals surface area contributed by atoms with Gasteiger partial charge in [-0.15, -0.1) is 0 Å². The van der Waals surface area contributed by atoms with Crippen molar-refractivity contribution in [1.82, 2.24) is 0 Å². The van der Waals surface area contributed by atoms with Crippen molar-refractivity contribution in [2.75, 3.05) is 13.2 Å². The molecule has 0 aromatic heterocycles. The van der Waals surface area contributed by atoms with Crippen molar-refractivity contribution in [1.29, 1.82) is 0 Å². The van der Waals surface area contributed by atoms with Crippen LogP contribution in [-0.4, -0.2) is 30.6 Å². The van der Waals surface area contributed by atoms with Crippen molar-refractivity contribution in [3.63, 3.8) is 0 Å². The summed E-state index contributed by atoms with van der Waals surface area (Å²) < 4.78 is 11.0. The largest absolute Gasteiger partial charge is 0.478 e. The monoisotopic (exact) mass is 196 g/mol. The Morgan fingerprint density at radius 2 is 2.21 bits per heavy atom. The Morgan fingerprint density at radius 1 is 1.43 bits per heavy atom. The summed E-state index contributed by atoms with van der Waals surface area (Å²) in [6.45, 7) is 1.25. The van der Waals surface area contributed by atoms with E-state index in [1.54, 1.807) is 0 Å². The van der Waals surface area contributed by atoms with E-state index < -0.39 is 5.97 Å². The van der Waals surface area contributed by atoms with Gasteiger partial charge in [-0.25, -0.2) is 4.79 Å². The van der Waals surface area contributed by atoms with E-state index in [4.69, 9.17) is 14.6 Å². The minimum absolute atomic E-state index is 0.0732. The molecule has 2 bridgehead atoms. The molecule has 0 aromatic carbocycles. The number of rotatable bonds is 1. The minimum atomic E-state index is -0.851. The van der Waals surface area contributed by atoms with Gasteiger partial charge in [-0.05, 0) is 6.42 Å². The van der Waals surface area contributed by atoms with Crippen LogP contribution < -0.4 is 0 Å². The second kappa shape index (κ2) is 2.81. The highest BCUT2D eigenvalue weighted by Gasteiger charge is 2.51. The third-order valence-corrected chi connectivity index (χ3v) is 3.51. The Hall–Kier alpha value is -0.870. The van der Waals surface area contributed by atoms with Crippen LogP contribution in [0.1, 0.15) is 6.42 Å². The average molecular weight is 196 g/mol. The maximum Gasteiger partial charge on any atom is 0.328 e. The van der Waals surface area contributed by atoms with Crippen LogP contribution in [0.25, 0.3) is 0 Å². The zero-order valence-electron chi connectivity index (χ0n) is 7.68. The van der Waals surface area contributed by atoms with Gasteiger partial charge in [0.2, 0.25) is 0 Å². The number of carboxylic acid groups (broad SMARTS) is 1. The molecule has 2 aliphatic heterocycles. The first-order chi connectivity index (χ1) is 6.75. The number of aliphatic carboxylic acids is 1. The molecule has 0 spiro atoms. The van der Waals surface area contributed by atoms with Gasteiger partial charge in [0.15, 0.2) is 6.29 Å². The minimum Gasteiger partial charge on any atom is -0.478 e. The van der Waals surface area contributed by atoms with Crippen molar-refractivity contribution in [3.8, 4) is 0 Å². The van der Waals surface area contributed by atoms with Crippen LogP contribution in [0, 0.1) is 17.8 Å². The van der Waals surface area contributed by atoms with Crippen molar-refractivity contribution < 1.29 is 19.4 Å². The number of fused-ring (bicyclic) bond motifs is 1. The summed E-state index contributed by atoms with van der Waals surface area (Å²) in [6, 6.07) is 0. The molecule has 2 heterocycles. The molecule has 3 aliphatic rings. The summed E-state index contributed by atoms with van der Waals surface area (Å²) in [5.74, 6) is 0.167. The lowest BCUT2D eigenvalue weighted by Crippen LogP contribution is -2.28. The molecule has 1 saturated carbocycles. The number of carbonyl (C=O) groups is 1. The molecule has 0 amide bonds. The zero-order valence-corrected chi connectivity index (χ0v) is 7.68. The molecule has 4 heteroatoms. The summed E-state index contributed by atoms with van der Waals surface area (Å²) in [6.07, 6.45) is 2.32. The van der Waals surface area contributed by atoms with Gasteiger partial charge < -0.3 is 14.6 Å². The summed E-state index contributed by atoms with van der Waals surface area (Å²) in [5, 5.41) is 8.76. The summed E-state index contributed by atoms with van der Waals surface area (Å²) in [5.41, 5.74) is 1.03. The summed E-state index contributed by atoms with van der Waals surface area (Å²) >= 11 is 0. The van der Waals surface area contributed by atoms with Crippen molar-refractivity contribution in [2.45, 2.75) is 12.7 Å². The lowest BCUT2D eigenvalue weighted by Gasteiger charge is -2.25. The van der Waals surface area contributed by atoms with Crippen molar-refractivity contribution in [3.05, 3.63) is 11.6 Å². The molecule has 2 saturated heterocycles. The predicted octanol–water partition coefficient (Wildman–Crippen LogP) is 0.636. The van der Waals surface area contributed by atoms with E-state index in [2.05, 4.69) is 0 Å². The fourth-order valence-corrected chi connectivity index (χ4v) is 2.94. The van der Waals surface area contributed by atoms with E-state index in [1.165, 1.54) is 6.08 Å². The third-order valence-electron chi connectivity index (χ3n) is 3.51. The van der Waals surface area contributed by atoms with E-state index in [0.29, 0.717) is 31.0 Å². The molecule has 4 atom stereocenters. The van der Waals surface area contributed by atoms with Crippen LogP contribution in [0.4, 0.5) is 0 Å². The van der Waals surface area contributed by atoms with Gasteiger partial charge in [0.05, 0.1) is 13.2 Å². The number of carboxylic acids is 1. The molecule has 0 radical (unpaired) electrons. The van der Waals surface area contributed by atoms with E-state index in [0.717, 1.165) is 12.0 Å². The fourth-order valence-electron chi connectivity index (χ4n) is 2.94. The number of hydrogen-bond acceptors (Lipinski definition) is 3. The van der Waals surface area contributed by atoms with Crippen LogP contribution in [0.5, 0.6) is 0 Å². The first kappa shape index (κ1) is 8.44. The van der Waals surface area contributed by atoms with Crippen LogP contribution in [0.3, 0.4) is 0 Å². The SMILES string of the molecule is O=C(O)/C=C1/C2CO[C@H]3OC[C@@H]1C3C2. The van der Waals surface area contributed by atoms with Crippen LogP contribution >= 0.6 is 0 Å². The molecule has 0 aromatic rings. The van der Waals surface area contributed by atoms with E-state index in [1.807, 2.05) is 0 Å². The second-order valence-corrected chi connectivity index (χ2v) is 4.22. The first-order valence-electron chi connectivity index (χ1n) is 4.93. The molecule has 1 aliphatic carbocycles. The Kier molecular flexibility index (Phi) is 1.69. The Bertz CT molecular complexity index is 309. The van der Waals surface area contributed by atoms with E-state index >= 15 is 0 Å². The van der Waals surface area contributed by atoms with E-state index in [9.17, 15) is 4.79 Å². The van der Waals surface area contributed by atoms with Gasteiger partial charge in [0, 0.05) is 23.8 Å². The highest BCUT2D eigenvalue weighted by Crippen LogP contribution is 2.51. The fraction of sp³-hybridized carbons (Fsp3) is 0.700. The molecule has 2 unspecified atom stereocenters. The quantitative estimate of drug-likeness (QED) is 0.625. The van der Waals surface area contributed by atoms with Gasteiger partial charge in [-0.2, -0.15) is 0 Å². The van der Waals surface area contributed by atoms with Gasteiger partial charge in [0.1, 0.15) is 0 Å². The smallest absolute Gasteiger partial charge is 0.328 e. The Labute approximate surface area is 81.5 Å². The van der Waals surface area contributed by atoms with Gasteiger partial charge in [-0.3, -0.25) is 0 Å². The first-order valence-corrected chi connectivity index (χ1v) is 4.93.